The molecule has 0 saturated heterocycles. The summed E-state index contributed by atoms with van der Waals surface area (Å²) in [6, 6.07) is 13.3. The first-order chi connectivity index (χ1) is 9.65. The Balaban J connectivity index is 1.91. The number of aromatic hydroxyl groups is 1. The van der Waals surface area contributed by atoms with Crippen molar-refractivity contribution in [2.75, 3.05) is 6.54 Å². The number of rotatable bonds is 5. The highest BCUT2D eigenvalue weighted by molar-refractivity contribution is 5.80. The topological polar surface area (TPSA) is 75.7 Å². The number of aliphatic imine (C=N–C) groups is 1. The molecule has 0 radical (unpaired) electrons. The molecule has 0 unspecified atom stereocenters. The van der Waals surface area contributed by atoms with Crippen molar-refractivity contribution in [2.45, 2.75) is 6.42 Å². The molecule has 2 aromatic carbocycles. The third-order valence-electron chi connectivity index (χ3n) is 2.79. The van der Waals surface area contributed by atoms with Gasteiger partial charge in [-0.25, -0.2) is 0 Å². The first-order valence-electron chi connectivity index (χ1n) is 6.17. The highest BCUT2D eigenvalue weighted by Gasteiger charge is 2.03. The minimum absolute atomic E-state index is 0.0625. The Morgan fingerprint density at radius 1 is 1.20 bits per heavy atom. The third kappa shape index (κ3) is 3.91. The Bertz CT molecular complexity index is 621. The van der Waals surface area contributed by atoms with E-state index < -0.39 is 4.92 Å². The monoisotopic (exact) mass is 270 g/mol. The fourth-order valence-corrected chi connectivity index (χ4v) is 1.74. The van der Waals surface area contributed by atoms with Crippen LogP contribution in [0.3, 0.4) is 0 Å². The molecule has 0 aromatic heterocycles. The first kappa shape index (κ1) is 13.7. The number of nitro groups is 1. The van der Waals surface area contributed by atoms with E-state index in [1.54, 1.807) is 30.5 Å². The van der Waals surface area contributed by atoms with Crippen molar-refractivity contribution in [3.8, 4) is 5.75 Å². The summed E-state index contributed by atoms with van der Waals surface area (Å²) in [7, 11) is 0. The summed E-state index contributed by atoms with van der Waals surface area (Å²) in [4.78, 5) is 14.5. The number of nitrogens with zero attached hydrogens (tertiary/aromatic N) is 2. The maximum Gasteiger partial charge on any atom is 0.270 e. The lowest BCUT2D eigenvalue weighted by Gasteiger charge is -1.98. The van der Waals surface area contributed by atoms with E-state index in [-0.39, 0.29) is 11.4 Å². The Morgan fingerprint density at radius 2 is 1.95 bits per heavy atom. The highest BCUT2D eigenvalue weighted by Crippen LogP contribution is 2.12. The fraction of sp³-hybridized carbons (Fsp3) is 0.133. The van der Waals surface area contributed by atoms with Gasteiger partial charge in [0.2, 0.25) is 0 Å². The molecular formula is C15H14N2O3. The molecule has 0 atom stereocenters. The zero-order valence-corrected chi connectivity index (χ0v) is 10.8. The number of hydrogen-bond donors (Lipinski definition) is 1. The van der Waals surface area contributed by atoms with E-state index in [9.17, 15) is 10.1 Å². The van der Waals surface area contributed by atoms with Gasteiger partial charge in [-0.1, -0.05) is 24.3 Å². The van der Waals surface area contributed by atoms with Crippen molar-refractivity contribution in [3.05, 3.63) is 69.8 Å². The molecule has 20 heavy (non-hydrogen) atoms. The second kappa shape index (κ2) is 6.47. The van der Waals surface area contributed by atoms with Gasteiger partial charge >= 0.3 is 0 Å². The van der Waals surface area contributed by atoms with Crippen LogP contribution in [0.1, 0.15) is 11.1 Å². The maximum absolute atomic E-state index is 10.6. The summed E-state index contributed by atoms with van der Waals surface area (Å²) in [5.41, 5.74) is 1.86. The van der Waals surface area contributed by atoms with Crippen LogP contribution in [0, 0.1) is 10.1 Å². The molecule has 0 aliphatic rings. The molecule has 0 aliphatic heterocycles. The van der Waals surface area contributed by atoms with Crippen molar-refractivity contribution in [3.63, 3.8) is 0 Å². The van der Waals surface area contributed by atoms with Crippen molar-refractivity contribution < 1.29 is 10.0 Å². The summed E-state index contributed by atoms with van der Waals surface area (Å²) >= 11 is 0. The normalized spacial score (nSPS) is 10.8. The summed E-state index contributed by atoms with van der Waals surface area (Å²) in [6.07, 6.45) is 2.39. The van der Waals surface area contributed by atoms with E-state index in [2.05, 4.69) is 4.99 Å². The van der Waals surface area contributed by atoms with Gasteiger partial charge in [0.25, 0.3) is 5.69 Å². The molecule has 1 N–H and O–H groups in total. The van der Waals surface area contributed by atoms with Gasteiger partial charge in [-0.2, -0.15) is 0 Å². The lowest BCUT2D eigenvalue weighted by molar-refractivity contribution is -0.384. The minimum Gasteiger partial charge on any atom is -0.508 e. The van der Waals surface area contributed by atoms with Gasteiger partial charge in [-0.05, 0) is 29.7 Å². The van der Waals surface area contributed by atoms with Gasteiger partial charge in [0.1, 0.15) is 5.75 Å². The van der Waals surface area contributed by atoms with Gasteiger partial charge in [0, 0.05) is 24.9 Å². The van der Waals surface area contributed by atoms with Crippen LogP contribution in [-0.4, -0.2) is 22.8 Å². The highest BCUT2D eigenvalue weighted by atomic mass is 16.6. The Hall–Kier alpha value is -2.69. The number of non-ortho nitro benzene ring substituents is 1. The maximum atomic E-state index is 10.6. The molecule has 0 spiro atoms. The SMILES string of the molecule is O=[N+]([O-])c1cccc(C=NCCc2ccc(O)cc2)c1. The molecule has 2 aromatic rings. The molecule has 5 nitrogen and oxygen atoms in total. The van der Waals surface area contributed by atoms with Crippen LogP contribution < -0.4 is 0 Å². The number of benzene rings is 2. The molecule has 2 rings (SSSR count). The number of phenolic OH excluding ortho intramolecular Hbond substituents is 1. The van der Waals surface area contributed by atoms with E-state index in [0.29, 0.717) is 12.1 Å². The van der Waals surface area contributed by atoms with Crippen molar-refractivity contribution >= 4 is 11.9 Å². The van der Waals surface area contributed by atoms with Gasteiger partial charge < -0.3 is 5.11 Å². The standard InChI is InChI=1S/C15H14N2O3/c18-15-6-4-12(5-7-15)8-9-16-11-13-2-1-3-14(10-13)17(19)20/h1-7,10-11,18H,8-9H2. The average molecular weight is 270 g/mol. The van der Waals surface area contributed by atoms with E-state index in [1.165, 1.54) is 12.1 Å². The molecule has 0 amide bonds. The molecular weight excluding hydrogens is 256 g/mol. The van der Waals surface area contributed by atoms with E-state index in [1.807, 2.05) is 12.1 Å². The zero-order valence-electron chi connectivity index (χ0n) is 10.8. The molecule has 102 valence electrons. The summed E-state index contributed by atoms with van der Waals surface area (Å²) in [5.74, 6) is 0.244. The smallest absolute Gasteiger partial charge is 0.270 e. The lowest BCUT2D eigenvalue weighted by Crippen LogP contribution is -1.92. The van der Waals surface area contributed by atoms with Crippen LogP contribution in [0.4, 0.5) is 5.69 Å². The van der Waals surface area contributed by atoms with Gasteiger partial charge in [-0.15, -0.1) is 0 Å². The molecule has 0 saturated carbocycles. The van der Waals surface area contributed by atoms with Crippen LogP contribution in [-0.2, 0) is 6.42 Å². The van der Waals surface area contributed by atoms with Crippen LogP contribution in [0.15, 0.2) is 53.5 Å². The molecule has 5 heteroatoms. The first-order valence-corrected chi connectivity index (χ1v) is 6.17. The van der Waals surface area contributed by atoms with E-state index >= 15 is 0 Å². The zero-order chi connectivity index (χ0) is 14.4. The summed E-state index contributed by atoms with van der Waals surface area (Å²) < 4.78 is 0. The largest absolute Gasteiger partial charge is 0.508 e. The van der Waals surface area contributed by atoms with Crippen LogP contribution in [0.5, 0.6) is 5.75 Å². The van der Waals surface area contributed by atoms with Crippen LogP contribution >= 0.6 is 0 Å². The van der Waals surface area contributed by atoms with Gasteiger partial charge in [0.15, 0.2) is 0 Å². The van der Waals surface area contributed by atoms with Crippen LogP contribution in [0.25, 0.3) is 0 Å². The quantitative estimate of drug-likeness (QED) is 0.515. The van der Waals surface area contributed by atoms with Crippen LogP contribution in [0.2, 0.25) is 0 Å². The number of nitro benzene ring substituents is 1. The second-order valence-electron chi connectivity index (χ2n) is 4.30. The summed E-state index contributed by atoms with van der Waals surface area (Å²) in [5, 5.41) is 19.8. The predicted molar refractivity (Wildman–Crippen MR) is 77.4 cm³/mol. The Morgan fingerprint density at radius 3 is 2.65 bits per heavy atom. The average Bonchev–Trinajstić information content (AvgIpc) is 2.46. The Kier molecular flexibility index (Phi) is 4.44. The number of hydrogen-bond acceptors (Lipinski definition) is 4. The van der Waals surface area contributed by atoms with Gasteiger partial charge in [0.05, 0.1) is 4.92 Å². The van der Waals surface area contributed by atoms with Gasteiger partial charge in [-0.3, -0.25) is 15.1 Å². The minimum atomic E-state index is -0.423. The molecule has 0 fully saturated rings. The Labute approximate surface area is 116 Å². The predicted octanol–water partition coefficient (Wildman–Crippen LogP) is 2.96. The van der Waals surface area contributed by atoms with Crippen molar-refractivity contribution in [2.24, 2.45) is 4.99 Å². The van der Waals surface area contributed by atoms with E-state index in [4.69, 9.17) is 5.11 Å². The molecule has 0 bridgehead atoms. The van der Waals surface area contributed by atoms with Crippen molar-refractivity contribution in [1.29, 1.82) is 0 Å². The lowest BCUT2D eigenvalue weighted by atomic mass is 10.1. The fourth-order valence-electron chi connectivity index (χ4n) is 1.74. The molecule has 0 heterocycles. The second-order valence-corrected chi connectivity index (χ2v) is 4.30. The van der Waals surface area contributed by atoms with Crippen molar-refractivity contribution in [1.82, 2.24) is 0 Å². The molecule has 0 aliphatic carbocycles. The van der Waals surface area contributed by atoms with E-state index in [0.717, 1.165) is 12.0 Å². The summed E-state index contributed by atoms with van der Waals surface area (Å²) in [6.45, 7) is 0.591. The number of phenols is 1. The third-order valence-corrected chi connectivity index (χ3v) is 2.79.